The average Bonchev–Trinajstić information content (AvgIpc) is 2.78. The molecule has 0 radical (unpaired) electrons. The molecule has 0 spiro atoms. The molecule has 2 rings (SSSR count). The number of benzene rings is 1. The van der Waals surface area contributed by atoms with Gasteiger partial charge in [-0.05, 0) is 36.4 Å². The Balaban J connectivity index is 2.29. The first-order valence-corrected chi connectivity index (χ1v) is 5.72. The van der Waals surface area contributed by atoms with Crippen LogP contribution in [0.3, 0.4) is 0 Å². The van der Waals surface area contributed by atoms with Gasteiger partial charge in [-0.1, -0.05) is 15.9 Å². The minimum absolute atomic E-state index is 0.464. The topological polar surface area (TPSA) is 86.7 Å². The van der Waals surface area contributed by atoms with Crippen LogP contribution in [-0.2, 0) is 4.79 Å². The van der Waals surface area contributed by atoms with Crippen molar-refractivity contribution in [2.75, 3.05) is 0 Å². The van der Waals surface area contributed by atoms with Gasteiger partial charge in [0.15, 0.2) is 0 Å². The summed E-state index contributed by atoms with van der Waals surface area (Å²) in [5.74, 6) is -0.0321. The Morgan fingerprint density at radius 3 is 2.65 bits per heavy atom. The smallest absolute Gasteiger partial charge is 0.243 e. The summed E-state index contributed by atoms with van der Waals surface area (Å²) in [6, 6.07) is 6.88. The minimum atomic E-state index is -0.605. The lowest BCUT2D eigenvalue weighted by atomic mass is 10.2. The van der Waals surface area contributed by atoms with E-state index in [0.717, 1.165) is 10.0 Å². The number of nitrogens with zero attached hydrogens (tertiary/aromatic N) is 4. The van der Waals surface area contributed by atoms with Crippen LogP contribution in [0.1, 0.15) is 13.0 Å². The van der Waals surface area contributed by atoms with Crippen molar-refractivity contribution < 1.29 is 4.79 Å². The van der Waals surface area contributed by atoms with E-state index in [0.29, 0.717) is 5.82 Å². The fourth-order valence-corrected chi connectivity index (χ4v) is 1.48. The van der Waals surface area contributed by atoms with Crippen LogP contribution >= 0.6 is 15.9 Å². The Hall–Kier alpha value is -1.76. The predicted octanol–water partition coefficient (Wildman–Crippen LogP) is 1.15. The van der Waals surface area contributed by atoms with E-state index in [9.17, 15) is 4.79 Å². The van der Waals surface area contributed by atoms with Crippen molar-refractivity contribution in [2.45, 2.75) is 13.0 Å². The highest BCUT2D eigenvalue weighted by Gasteiger charge is 2.15. The Labute approximate surface area is 106 Å². The van der Waals surface area contributed by atoms with Crippen LogP contribution in [-0.4, -0.2) is 26.1 Å². The van der Waals surface area contributed by atoms with Crippen molar-refractivity contribution in [3.63, 3.8) is 0 Å². The number of hydrogen-bond acceptors (Lipinski definition) is 4. The number of primary amides is 1. The van der Waals surface area contributed by atoms with E-state index in [1.807, 2.05) is 24.3 Å². The quantitative estimate of drug-likeness (QED) is 0.920. The molecule has 1 aromatic heterocycles. The predicted molar refractivity (Wildman–Crippen MR) is 64.9 cm³/mol. The van der Waals surface area contributed by atoms with Crippen LogP contribution in [0.15, 0.2) is 28.7 Å². The number of aromatic nitrogens is 4. The third-order valence-electron chi connectivity index (χ3n) is 2.29. The highest BCUT2D eigenvalue weighted by Crippen LogP contribution is 2.17. The first-order chi connectivity index (χ1) is 8.08. The maximum absolute atomic E-state index is 11.0. The van der Waals surface area contributed by atoms with Gasteiger partial charge in [0, 0.05) is 10.0 Å². The second-order valence-corrected chi connectivity index (χ2v) is 4.43. The summed E-state index contributed by atoms with van der Waals surface area (Å²) in [7, 11) is 0. The number of nitrogens with two attached hydrogens (primary N) is 1. The molecule has 6 nitrogen and oxygen atoms in total. The summed E-state index contributed by atoms with van der Waals surface area (Å²) >= 11 is 3.34. The molecule has 0 saturated carbocycles. The number of carbonyl (C=O) groups is 1. The Morgan fingerprint density at radius 1 is 1.41 bits per heavy atom. The molecule has 1 aromatic carbocycles. The van der Waals surface area contributed by atoms with Crippen molar-refractivity contribution in [1.29, 1.82) is 0 Å². The lowest BCUT2D eigenvalue weighted by Crippen LogP contribution is -2.25. The zero-order chi connectivity index (χ0) is 12.4. The maximum atomic E-state index is 11.0. The molecular weight excluding hydrogens is 286 g/mol. The van der Waals surface area contributed by atoms with Crippen LogP contribution in [0.25, 0.3) is 11.4 Å². The van der Waals surface area contributed by atoms with Gasteiger partial charge in [-0.25, -0.2) is 0 Å². The number of halogens is 1. The fourth-order valence-electron chi connectivity index (χ4n) is 1.22. The summed E-state index contributed by atoms with van der Waals surface area (Å²) in [4.78, 5) is 12.2. The van der Waals surface area contributed by atoms with Gasteiger partial charge in [-0.2, -0.15) is 4.80 Å². The summed E-state index contributed by atoms with van der Waals surface area (Å²) < 4.78 is 0.971. The summed E-state index contributed by atoms with van der Waals surface area (Å²) in [6.07, 6.45) is 0. The molecule has 0 aliphatic carbocycles. The zero-order valence-corrected chi connectivity index (χ0v) is 10.6. The van der Waals surface area contributed by atoms with Crippen molar-refractivity contribution >= 4 is 21.8 Å². The van der Waals surface area contributed by atoms with E-state index in [1.165, 1.54) is 4.80 Å². The molecule has 1 heterocycles. The van der Waals surface area contributed by atoms with Gasteiger partial charge >= 0.3 is 0 Å². The molecule has 2 aromatic rings. The molecule has 2 N–H and O–H groups in total. The second-order valence-electron chi connectivity index (χ2n) is 3.52. The Kier molecular flexibility index (Phi) is 3.19. The van der Waals surface area contributed by atoms with E-state index < -0.39 is 11.9 Å². The second kappa shape index (κ2) is 4.62. The number of amides is 1. The van der Waals surface area contributed by atoms with Crippen LogP contribution in [0.5, 0.6) is 0 Å². The van der Waals surface area contributed by atoms with E-state index in [4.69, 9.17) is 5.73 Å². The zero-order valence-electron chi connectivity index (χ0n) is 9.04. The van der Waals surface area contributed by atoms with Crippen molar-refractivity contribution in [3.05, 3.63) is 28.7 Å². The molecule has 1 atom stereocenters. The molecule has 0 unspecified atom stereocenters. The average molecular weight is 296 g/mol. The summed E-state index contributed by atoms with van der Waals surface area (Å²) in [6.45, 7) is 1.62. The van der Waals surface area contributed by atoms with Gasteiger partial charge in [-0.3, -0.25) is 4.79 Å². The largest absolute Gasteiger partial charge is 0.368 e. The number of rotatable bonds is 3. The molecule has 88 valence electrons. The molecule has 0 aliphatic heterocycles. The third kappa shape index (κ3) is 2.50. The molecule has 7 heteroatoms. The van der Waals surface area contributed by atoms with Gasteiger partial charge in [0.1, 0.15) is 6.04 Å². The molecule has 0 saturated heterocycles. The molecule has 0 aliphatic rings. The van der Waals surface area contributed by atoms with Gasteiger partial charge in [0.05, 0.1) is 0 Å². The first-order valence-electron chi connectivity index (χ1n) is 4.92. The molecular formula is C10H10BrN5O. The summed E-state index contributed by atoms with van der Waals surface area (Å²) in [5.41, 5.74) is 5.99. The highest BCUT2D eigenvalue weighted by molar-refractivity contribution is 9.10. The monoisotopic (exact) mass is 295 g/mol. The fraction of sp³-hybridized carbons (Fsp3) is 0.200. The van der Waals surface area contributed by atoms with Crippen molar-refractivity contribution in [3.8, 4) is 11.4 Å². The molecule has 0 bridgehead atoms. The van der Waals surface area contributed by atoms with Crippen LogP contribution < -0.4 is 5.73 Å². The standard InChI is InChI=1S/C10H10BrN5O/c1-6(9(12)17)16-14-10(13-15-16)7-2-4-8(11)5-3-7/h2-6H,1H3,(H2,12,17)/t6-/m1/s1. The van der Waals surface area contributed by atoms with Crippen molar-refractivity contribution in [2.24, 2.45) is 5.73 Å². The Bertz CT molecular complexity index is 536. The van der Waals surface area contributed by atoms with E-state index in [2.05, 4.69) is 31.3 Å². The third-order valence-corrected chi connectivity index (χ3v) is 2.82. The van der Waals surface area contributed by atoms with Gasteiger partial charge in [0.25, 0.3) is 0 Å². The minimum Gasteiger partial charge on any atom is -0.368 e. The van der Waals surface area contributed by atoms with Gasteiger partial charge in [0.2, 0.25) is 11.7 Å². The van der Waals surface area contributed by atoms with Gasteiger partial charge < -0.3 is 5.73 Å². The lowest BCUT2D eigenvalue weighted by Gasteiger charge is -2.02. The van der Waals surface area contributed by atoms with E-state index in [-0.39, 0.29) is 0 Å². The SMILES string of the molecule is C[C@H](C(N)=O)n1nnc(-c2ccc(Br)cc2)n1. The van der Waals surface area contributed by atoms with E-state index in [1.54, 1.807) is 6.92 Å². The van der Waals surface area contributed by atoms with Crippen LogP contribution in [0.2, 0.25) is 0 Å². The molecule has 0 fully saturated rings. The van der Waals surface area contributed by atoms with Gasteiger partial charge in [-0.15, -0.1) is 10.2 Å². The normalized spacial score (nSPS) is 12.4. The Morgan fingerprint density at radius 2 is 2.06 bits per heavy atom. The number of carbonyl (C=O) groups excluding carboxylic acids is 1. The lowest BCUT2D eigenvalue weighted by molar-refractivity contribution is -0.121. The van der Waals surface area contributed by atoms with Crippen LogP contribution in [0.4, 0.5) is 0 Å². The first kappa shape index (κ1) is 11.7. The summed E-state index contributed by atoms with van der Waals surface area (Å²) in [5, 5.41) is 11.8. The number of hydrogen-bond donors (Lipinski definition) is 1. The van der Waals surface area contributed by atoms with E-state index >= 15 is 0 Å². The highest BCUT2D eigenvalue weighted by atomic mass is 79.9. The molecule has 17 heavy (non-hydrogen) atoms. The number of tetrazole rings is 1. The van der Waals surface area contributed by atoms with Crippen molar-refractivity contribution in [1.82, 2.24) is 20.2 Å². The molecule has 1 amide bonds. The van der Waals surface area contributed by atoms with Crippen LogP contribution in [0, 0.1) is 0 Å². The maximum Gasteiger partial charge on any atom is 0.243 e.